The van der Waals surface area contributed by atoms with Gasteiger partial charge in [-0.1, -0.05) is 0 Å². The molecule has 1 aromatic heterocycles. The SMILES string of the molecule is COC[C@@H]1CN(S(=O)(=O)c2ccc(F)cc2)C[C@H]1c1ccncc1. The molecule has 0 bridgehead atoms. The van der Waals surface area contributed by atoms with Crippen molar-refractivity contribution < 1.29 is 17.5 Å². The van der Waals surface area contributed by atoms with E-state index in [4.69, 9.17) is 4.74 Å². The third-order valence-corrected chi connectivity index (χ3v) is 6.22. The molecule has 1 aliphatic rings. The quantitative estimate of drug-likeness (QED) is 0.830. The molecule has 7 heteroatoms. The minimum atomic E-state index is -3.65. The van der Waals surface area contributed by atoms with Gasteiger partial charge in [0, 0.05) is 44.4 Å². The van der Waals surface area contributed by atoms with Crippen molar-refractivity contribution in [2.24, 2.45) is 5.92 Å². The van der Waals surface area contributed by atoms with Crippen LogP contribution in [0.1, 0.15) is 11.5 Å². The summed E-state index contributed by atoms with van der Waals surface area (Å²) in [4.78, 5) is 4.12. The molecule has 0 N–H and O–H groups in total. The van der Waals surface area contributed by atoms with Gasteiger partial charge >= 0.3 is 0 Å². The van der Waals surface area contributed by atoms with E-state index in [9.17, 15) is 12.8 Å². The van der Waals surface area contributed by atoms with Crippen LogP contribution in [0, 0.1) is 11.7 Å². The topological polar surface area (TPSA) is 59.5 Å². The largest absolute Gasteiger partial charge is 0.384 e. The van der Waals surface area contributed by atoms with Crippen LogP contribution in [0.15, 0.2) is 53.7 Å². The first kappa shape index (κ1) is 17.0. The monoisotopic (exact) mass is 350 g/mol. The van der Waals surface area contributed by atoms with E-state index in [0.717, 1.165) is 17.7 Å². The number of benzene rings is 1. The standard InChI is InChI=1S/C17H19FN2O3S/c1-23-12-14-10-20(11-17(14)13-6-8-19-9-7-13)24(21,22)16-4-2-15(18)3-5-16/h2-9,14,17H,10-12H2,1H3/t14-,17-/m0/s1. The molecular formula is C17H19FN2O3S. The fourth-order valence-electron chi connectivity index (χ4n) is 3.15. The van der Waals surface area contributed by atoms with Gasteiger partial charge < -0.3 is 4.74 Å². The Morgan fingerprint density at radius 1 is 1.17 bits per heavy atom. The smallest absolute Gasteiger partial charge is 0.243 e. The maximum atomic E-state index is 13.1. The number of hydrogen-bond acceptors (Lipinski definition) is 4. The summed E-state index contributed by atoms with van der Waals surface area (Å²) in [6.07, 6.45) is 3.41. The Bertz CT molecular complexity index is 781. The molecule has 24 heavy (non-hydrogen) atoms. The van der Waals surface area contributed by atoms with Gasteiger partial charge in [-0.15, -0.1) is 0 Å². The van der Waals surface area contributed by atoms with Crippen molar-refractivity contribution in [1.29, 1.82) is 0 Å². The summed E-state index contributed by atoms with van der Waals surface area (Å²) in [5.41, 5.74) is 1.05. The van der Waals surface area contributed by atoms with Crippen LogP contribution in [0.25, 0.3) is 0 Å². The summed E-state index contributed by atoms with van der Waals surface area (Å²) in [7, 11) is -2.04. The first-order chi connectivity index (χ1) is 11.5. The van der Waals surface area contributed by atoms with Crippen molar-refractivity contribution in [3.8, 4) is 0 Å². The van der Waals surface area contributed by atoms with E-state index in [1.54, 1.807) is 19.5 Å². The highest BCUT2D eigenvalue weighted by molar-refractivity contribution is 7.89. The number of nitrogens with zero attached hydrogens (tertiary/aromatic N) is 2. The lowest BCUT2D eigenvalue weighted by molar-refractivity contribution is 0.151. The third kappa shape index (κ3) is 3.33. The van der Waals surface area contributed by atoms with Crippen molar-refractivity contribution in [1.82, 2.24) is 9.29 Å². The molecule has 1 saturated heterocycles. The molecule has 0 radical (unpaired) electrons. The average molecular weight is 350 g/mol. The summed E-state index contributed by atoms with van der Waals surface area (Å²) in [5, 5.41) is 0. The molecule has 2 aromatic rings. The molecule has 0 aliphatic carbocycles. The number of aromatic nitrogens is 1. The summed E-state index contributed by atoms with van der Waals surface area (Å²) in [6.45, 7) is 1.22. The predicted octanol–water partition coefficient (Wildman–Crippen LogP) is 2.27. The van der Waals surface area contributed by atoms with Crippen LogP contribution in [-0.2, 0) is 14.8 Å². The van der Waals surface area contributed by atoms with E-state index in [1.165, 1.54) is 16.4 Å². The van der Waals surface area contributed by atoms with Gasteiger partial charge in [0.2, 0.25) is 10.0 Å². The van der Waals surface area contributed by atoms with Crippen LogP contribution in [-0.4, -0.2) is 44.5 Å². The normalized spacial score (nSPS) is 21.9. The zero-order valence-electron chi connectivity index (χ0n) is 13.3. The van der Waals surface area contributed by atoms with Gasteiger partial charge in [-0.05, 0) is 42.0 Å². The van der Waals surface area contributed by atoms with E-state index < -0.39 is 15.8 Å². The van der Waals surface area contributed by atoms with Crippen molar-refractivity contribution in [3.05, 3.63) is 60.2 Å². The maximum Gasteiger partial charge on any atom is 0.243 e. The minimum absolute atomic E-state index is 0.0446. The number of hydrogen-bond donors (Lipinski definition) is 0. The Kier molecular flexibility index (Phi) is 4.93. The van der Waals surface area contributed by atoms with E-state index in [2.05, 4.69) is 4.98 Å². The second-order valence-corrected chi connectivity index (χ2v) is 7.82. The number of ether oxygens (including phenoxy) is 1. The van der Waals surface area contributed by atoms with E-state index in [1.807, 2.05) is 12.1 Å². The average Bonchev–Trinajstić information content (AvgIpc) is 3.01. The second kappa shape index (κ2) is 6.96. The lowest BCUT2D eigenvalue weighted by atomic mass is 9.90. The number of halogens is 1. The second-order valence-electron chi connectivity index (χ2n) is 5.88. The lowest BCUT2D eigenvalue weighted by Crippen LogP contribution is -2.29. The Balaban J connectivity index is 1.88. The molecule has 0 unspecified atom stereocenters. The van der Waals surface area contributed by atoms with E-state index in [0.29, 0.717) is 19.7 Å². The molecule has 0 saturated carbocycles. The molecular weight excluding hydrogens is 331 g/mol. The number of rotatable bonds is 5. The van der Waals surface area contributed by atoms with Gasteiger partial charge in [-0.25, -0.2) is 12.8 Å². The summed E-state index contributed by atoms with van der Waals surface area (Å²) in [6, 6.07) is 8.74. The molecule has 1 fully saturated rings. The Labute approximate surface area is 141 Å². The van der Waals surface area contributed by atoms with Gasteiger partial charge in [0.05, 0.1) is 11.5 Å². The third-order valence-electron chi connectivity index (χ3n) is 4.37. The van der Waals surface area contributed by atoms with Crippen LogP contribution < -0.4 is 0 Å². The van der Waals surface area contributed by atoms with Crippen molar-refractivity contribution in [2.45, 2.75) is 10.8 Å². The van der Waals surface area contributed by atoms with Gasteiger partial charge in [0.1, 0.15) is 5.82 Å². The summed E-state index contributed by atoms with van der Waals surface area (Å²) < 4.78 is 45.4. The summed E-state index contributed by atoms with van der Waals surface area (Å²) >= 11 is 0. The first-order valence-electron chi connectivity index (χ1n) is 7.67. The molecule has 2 heterocycles. The van der Waals surface area contributed by atoms with Gasteiger partial charge in [0.15, 0.2) is 0 Å². The fourth-order valence-corrected chi connectivity index (χ4v) is 4.68. The van der Waals surface area contributed by atoms with Gasteiger partial charge in [0.25, 0.3) is 0 Å². The number of sulfonamides is 1. The minimum Gasteiger partial charge on any atom is -0.384 e. The molecule has 5 nitrogen and oxygen atoms in total. The Hall–Kier alpha value is -1.83. The highest BCUT2D eigenvalue weighted by Gasteiger charge is 2.39. The predicted molar refractivity (Wildman–Crippen MR) is 87.5 cm³/mol. The molecule has 0 spiro atoms. The molecule has 2 atom stereocenters. The van der Waals surface area contributed by atoms with E-state index >= 15 is 0 Å². The van der Waals surface area contributed by atoms with Crippen molar-refractivity contribution in [3.63, 3.8) is 0 Å². The Morgan fingerprint density at radius 2 is 1.83 bits per heavy atom. The molecule has 1 aliphatic heterocycles. The van der Waals surface area contributed by atoms with Crippen LogP contribution in [0.5, 0.6) is 0 Å². The molecule has 3 rings (SSSR count). The van der Waals surface area contributed by atoms with Gasteiger partial charge in [-0.3, -0.25) is 4.98 Å². The van der Waals surface area contributed by atoms with Crippen molar-refractivity contribution >= 4 is 10.0 Å². The molecule has 128 valence electrons. The van der Waals surface area contributed by atoms with Crippen LogP contribution in [0.2, 0.25) is 0 Å². The van der Waals surface area contributed by atoms with E-state index in [-0.39, 0.29) is 16.7 Å². The van der Waals surface area contributed by atoms with Crippen molar-refractivity contribution in [2.75, 3.05) is 26.8 Å². The van der Waals surface area contributed by atoms with Crippen LogP contribution in [0.3, 0.4) is 0 Å². The lowest BCUT2D eigenvalue weighted by Gasteiger charge is -2.17. The highest BCUT2D eigenvalue weighted by Crippen LogP contribution is 2.35. The molecule has 1 aromatic carbocycles. The summed E-state index contributed by atoms with van der Waals surface area (Å²) in [5.74, 6) is -0.349. The number of methoxy groups -OCH3 is 1. The molecule has 0 amide bonds. The zero-order chi connectivity index (χ0) is 17.2. The highest BCUT2D eigenvalue weighted by atomic mass is 32.2. The van der Waals surface area contributed by atoms with Gasteiger partial charge in [-0.2, -0.15) is 4.31 Å². The number of pyridine rings is 1. The Morgan fingerprint density at radius 3 is 2.46 bits per heavy atom. The first-order valence-corrected chi connectivity index (χ1v) is 9.11. The maximum absolute atomic E-state index is 13.1. The fraction of sp³-hybridized carbons (Fsp3) is 0.353. The van der Waals surface area contributed by atoms with Crippen LogP contribution >= 0.6 is 0 Å². The van der Waals surface area contributed by atoms with Crippen LogP contribution in [0.4, 0.5) is 4.39 Å². The zero-order valence-corrected chi connectivity index (χ0v) is 14.1.